The van der Waals surface area contributed by atoms with E-state index in [4.69, 9.17) is 0 Å². The number of amidine groups is 1. The summed E-state index contributed by atoms with van der Waals surface area (Å²) in [5, 5.41) is 14.3. The highest BCUT2D eigenvalue weighted by Gasteiger charge is 2.57. The molecule has 2 heterocycles. The van der Waals surface area contributed by atoms with Gasteiger partial charge in [-0.15, -0.1) is 4.40 Å². The van der Waals surface area contributed by atoms with Crippen molar-refractivity contribution in [2.45, 2.75) is 36.7 Å². The van der Waals surface area contributed by atoms with E-state index in [1.807, 2.05) is 0 Å². The van der Waals surface area contributed by atoms with E-state index < -0.39 is 31.8 Å². The fraction of sp³-hybridized carbons (Fsp3) is 0.360. The van der Waals surface area contributed by atoms with Crippen LogP contribution in [0, 0.1) is 23.6 Å². The van der Waals surface area contributed by atoms with Crippen molar-refractivity contribution in [3.8, 4) is 0 Å². The Hall–Kier alpha value is -3.45. The molecular formula is C25H25FN4O6S2. The van der Waals surface area contributed by atoms with Crippen LogP contribution in [0.4, 0.5) is 15.8 Å². The van der Waals surface area contributed by atoms with Gasteiger partial charge in [0.1, 0.15) is 22.0 Å². The third kappa shape index (κ3) is 4.13. The van der Waals surface area contributed by atoms with Crippen molar-refractivity contribution in [1.29, 1.82) is 0 Å². The summed E-state index contributed by atoms with van der Waals surface area (Å²) in [6.07, 6.45) is 3.64. The number of rotatable bonds is 5. The van der Waals surface area contributed by atoms with Gasteiger partial charge >= 0.3 is 0 Å². The predicted octanol–water partition coefficient (Wildman–Crippen LogP) is 2.98. The van der Waals surface area contributed by atoms with Crippen molar-refractivity contribution in [3.05, 3.63) is 65.2 Å². The van der Waals surface area contributed by atoms with Gasteiger partial charge in [0.15, 0.2) is 5.84 Å². The lowest BCUT2D eigenvalue weighted by Gasteiger charge is -2.44. The normalized spacial score (nSPS) is 27.5. The fourth-order valence-corrected chi connectivity index (χ4v) is 8.08. The molecule has 2 unspecified atom stereocenters. The van der Waals surface area contributed by atoms with Gasteiger partial charge in [0.2, 0.25) is 10.0 Å². The summed E-state index contributed by atoms with van der Waals surface area (Å²) in [5.74, 6) is -1.38. The van der Waals surface area contributed by atoms with Crippen LogP contribution in [0.2, 0.25) is 0 Å². The van der Waals surface area contributed by atoms with Crippen LogP contribution in [0.15, 0.2) is 63.1 Å². The summed E-state index contributed by atoms with van der Waals surface area (Å²) in [7, 11) is -7.99. The second-order valence-electron chi connectivity index (χ2n) is 10.3. The first kappa shape index (κ1) is 24.9. The molecule has 2 bridgehead atoms. The number of sulfonamides is 2. The van der Waals surface area contributed by atoms with E-state index in [9.17, 15) is 31.1 Å². The molecule has 0 saturated heterocycles. The zero-order valence-electron chi connectivity index (χ0n) is 20.3. The largest absolute Gasteiger partial charge is 0.511 e. The van der Waals surface area contributed by atoms with Gasteiger partial charge in [-0.1, -0.05) is 12.1 Å². The number of hydrogen-bond acceptors (Lipinski definition) is 7. The van der Waals surface area contributed by atoms with E-state index in [0.717, 1.165) is 31.6 Å². The molecule has 3 N–H and O–H groups in total. The molecule has 2 saturated carbocycles. The Kier molecular flexibility index (Phi) is 5.58. The highest BCUT2D eigenvalue weighted by atomic mass is 32.2. The van der Waals surface area contributed by atoms with Gasteiger partial charge in [0.05, 0.1) is 11.9 Å². The summed E-state index contributed by atoms with van der Waals surface area (Å²) in [6, 6.07) is 9.49. The Labute approximate surface area is 219 Å². The van der Waals surface area contributed by atoms with Crippen molar-refractivity contribution in [1.82, 2.24) is 4.90 Å². The molecule has 10 nitrogen and oxygen atoms in total. The van der Waals surface area contributed by atoms with E-state index in [0.29, 0.717) is 5.56 Å². The molecule has 0 aromatic heterocycles. The first-order valence-corrected chi connectivity index (χ1v) is 15.5. The topological polar surface area (TPSA) is 145 Å². The monoisotopic (exact) mass is 560 g/mol. The molecule has 13 heteroatoms. The number of amides is 1. The maximum Gasteiger partial charge on any atom is 0.286 e. The van der Waals surface area contributed by atoms with Gasteiger partial charge in [-0.05, 0) is 67.0 Å². The van der Waals surface area contributed by atoms with E-state index in [2.05, 4.69) is 14.4 Å². The average molecular weight is 561 g/mol. The minimum Gasteiger partial charge on any atom is -0.511 e. The molecule has 2 aliphatic carbocycles. The van der Waals surface area contributed by atoms with Crippen LogP contribution in [0.5, 0.6) is 0 Å². The van der Waals surface area contributed by atoms with Crippen LogP contribution < -0.4 is 10.0 Å². The van der Waals surface area contributed by atoms with Crippen molar-refractivity contribution in [2.24, 2.45) is 22.2 Å². The molecule has 4 atom stereocenters. The maximum atomic E-state index is 13.9. The lowest BCUT2D eigenvalue weighted by atomic mass is 9.77. The van der Waals surface area contributed by atoms with Crippen LogP contribution in [-0.4, -0.2) is 50.9 Å². The minimum atomic E-state index is -4.35. The van der Waals surface area contributed by atoms with E-state index in [1.54, 1.807) is 17.0 Å². The third-order valence-electron chi connectivity index (χ3n) is 7.81. The maximum absolute atomic E-state index is 13.9. The molecule has 200 valence electrons. The zero-order valence-corrected chi connectivity index (χ0v) is 21.9. The van der Waals surface area contributed by atoms with Gasteiger partial charge in [-0.3, -0.25) is 9.52 Å². The number of aliphatic hydroxyl groups is 1. The fourth-order valence-electron chi connectivity index (χ4n) is 6.38. The quantitative estimate of drug-likeness (QED) is 0.510. The molecule has 4 aliphatic rings. The van der Waals surface area contributed by atoms with Crippen LogP contribution in [0.25, 0.3) is 0 Å². The van der Waals surface area contributed by atoms with Gasteiger partial charge in [0, 0.05) is 24.2 Å². The summed E-state index contributed by atoms with van der Waals surface area (Å²) in [5.41, 5.74) is 0.654. The Bertz CT molecular complexity index is 1640. The SMILES string of the molecule is CS(=O)(=O)Nc1ccc2c(c1)S(=O)(=O)N=C(C1=C(O)C3C([C@H]4CC[C@@H]3C4)N(Cc3ccc(F)cc3)C1=O)N2. The number of benzene rings is 2. The predicted molar refractivity (Wildman–Crippen MR) is 138 cm³/mol. The number of fused-ring (bicyclic) bond motifs is 6. The number of anilines is 2. The van der Waals surface area contributed by atoms with Gasteiger partial charge in [-0.2, -0.15) is 8.42 Å². The highest BCUT2D eigenvalue weighted by molar-refractivity contribution is 7.92. The van der Waals surface area contributed by atoms with Crippen molar-refractivity contribution >= 4 is 43.2 Å². The van der Waals surface area contributed by atoms with Crippen molar-refractivity contribution in [3.63, 3.8) is 0 Å². The molecule has 0 spiro atoms. The molecule has 1 amide bonds. The molecule has 2 aromatic rings. The zero-order chi connectivity index (χ0) is 27.0. The Balaban J connectivity index is 1.41. The minimum absolute atomic E-state index is 0.0429. The van der Waals surface area contributed by atoms with Gasteiger partial charge in [-0.25, -0.2) is 12.8 Å². The van der Waals surface area contributed by atoms with Crippen LogP contribution in [0.1, 0.15) is 24.8 Å². The molecule has 6 rings (SSSR count). The van der Waals surface area contributed by atoms with Crippen LogP contribution >= 0.6 is 0 Å². The molecule has 2 aromatic carbocycles. The number of carbonyl (C=O) groups excluding carboxylic acids is 1. The second kappa shape index (κ2) is 8.53. The number of halogens is 1. The molecule has 2 aliphatic heterocycles. The first-order valence-electron chi connectivity index (χ1n) is 12.1. The number of nitrogens with zero attached hydrogens (tertiary/aromatic N) is 2. The van der Waals surface area contributed by atoms with E-state index in [-0.39, 0.29) is 63.8 Å². The van der Waals surface area contributed by atoms with Crippen LogP contribution in [0.3, 0.4) is 0 Å². The summed E-state index contributed by atoms with van der Waals surface area (Å²) >= 11 is 0. The molecule has 0 radical (unpaired) electrons. The van der Waals surface area contributed by atoms with E-state index >= 15 is 0 Å². The van der Waals surface area contributed by atoms with Crippen molar-refractivity contribution in [2.75, 3.05) is 16.3 Å². The third-order valence-corrected chi connectivity index (χ3v) is 9.73. The second-order valence-corrected chi connectivity index (χ2v) is 13.6. The van der Waals surface area contributed by atoms with Gasteiger partial charge < -0.3 is 15.3 Å². The number of aliphatic hydroxyl groups excluding tert-OH is 1. The molecular weight excluding hydrogens is 535 g/mol. The molecule has 2 fully saturated rings. The lowest BCUT2D eigenvalue weighted by molar-refractivity contribution is -0.134. The number of nitrogens with one attached hydrogen (secondary N) is 2. The van der Waals surface area contributed by atoms with E-state index in [1.165, 1.54) is 24.3 Å². The summed E-state index contributed by atoms with van der Waals surface area (Å²) in [4.78, 5) is 15.3. The Morgan fingerprint density at radius 3 is 2.58 bits per heavy atom. The first-order chi connectivity index (χ1) is 17.9. The number of carbonyl (C=O) groups is 1. The lowest BCUT2D eigenvalue weighted by Crippen LogP contribution is -2.53. The molecule has 38 heavy (non-hydrogen) atoms. The standard InChI is InChI=1S/C25H25FN4O6S2/c1-37(33,34)28-17-8-9-18-19(11-17)38(35,36)29-24(27-18)21-23(31)20-14-4-5-15(10-14)22(20)30(25(21)32)12-13-2-6-16(26)7-3-13/h2-3,6-9,11,14-15,20,22,28,31H,4-5,10,12H2,1H3,(H,27,29)/t14-,15+,20?,22?/m1/s1. The van der Waals surface area contributed by atoms with Gasteiger partial charge in [0.25, 0.3) is 15.9 Å². The average Bonchev–Trinajstić information content (AvgIpc) is 3.45. The summed E-state index contributed by atoms with van der Waals surface area (Å²) in [6.45, 7) is 0.178. The van der Waals surface area contributed by atoms with Crippen LogP contribution in [-0.2, 0) is 31.4 Å². The number of hydrogen-bond donors (Lipinski definition) is 3. The summed E-state index contributed by atoms with van der Waals surface area (Å²) < 4.78 is 69.0. The smallest absolute Gasteiger partial charge is 0.286 e. The van der Waals surface area contributed by atoms with Crippen molar-refractivity contribution < 1.29 is 31.1 Å². The Morgan fingerprint density at radius 1 is 1.16 bits per heavy atom. The highest BCUT2D eigenvalue weighted by Crippen LogP contribution is 2.55. The Morgan fingerprint density at radius 2 is 1.87 bits per heavy atom.